The molecule has 202 valence electrons. The molecular weight excluding hydrogens is 514 g/mol. The van der Waals surface area contributed by atoms with Crippen LogP contribution < -0.4 is 15.6 Å². The zero-order valence-corrected chi connectivity index (χ0v) is 22.3. The number of nitrogens with one attached hydrogen (secondary N) is 2. The molecule has 41 heavy (non-hydrogen) atoms. The van der Waals surface area contributed by atoms with Crippen molar-refractivity contribution in [2.75, 3.05) is 12.4 Å². The van der Waals surface area contributed by atoms with E-state index in [1.807, 2.05) is 120 Å². The molecule has 0 aliphatic rings. The molecule has 0 aliphatic carbocycles. The van der Waals surface area contributed by atoms with Gasteiger partial charge in [0.1, 0.15) is 5.75 Å². The average molecular weight is 542 g/mol. The Hall–Kier alpha value is -5.63. The van der Waals surface area contributed by atoms with E-state index in [0.29, 0.717) is 11.3 Å². The van der Waals surface area contributed by atoms with Gasteiger partial charge in [0.2, 0.25) is 5.91 Å². The second-order valence-electron chi connectivity index (χ2n) is 9.50. The summed E-state index contributed by atoms with van der Waals surface area (Å²) in [4.78, 5) is 25.4. The van der Waals surface area contributed by atoms with Crippen LogP contribution >= 0.6 is 0 Å². The lowest BCUT2D eigenvalue weighted by molar-refractivity contribution is -0.115. The number of rotatable bonds is 8. The van der Waals surface area contributed by atoms with Crippen molar-refractivity contribution in [3.63, 3.8) is 0 Å². The van der Waals surface area contributed by atoms with Gasteiger partial charge in [-0.3, -0.25) is 19.4 Å². The number of methoxy groups -OCH3 is 1. The first-order chi connectivity index (χ1) is 20.1. The predicted octanol–water partition coefficient (Wildman–Crippen LogP) is 5.88. The molecule has 0 fully saturated rings. The van der Waals surface area contributed by atoms with E-state index in [-0.39, 0.29) is 17.9 Å². The quantitative estimate of drug-likeness (QED) is 0.252. The molecular formula is C33H27N5O3. The summed E-state index contributed by atoms with van der Waals surface area (Å²) in [5.41, 5.74) is 5.97. The van der Waals surface area contributed by atoms with Crippen molar-refractivity contribution in [3.05, 3.63) is 137 Å². The molecule has 0 bridgehead atoms. The summed E-state index contributed by atoms with van der Waals surface area (Å²) in [7, 11) is 1.64. The van der Waals surface area contributed by atoms with Crippen LogP contribution in [0.15, 0.2) is 126 Å². The molecule has 2 heterocycles. The van der Waals surface area contributed by atoms with Crippen LogP contribution in [0.1, 0.15) is 5.56 Å². The molecule has 6 aromatic rings. The van der Waals surface area contributed by atoms with Crippen LogP contribution in [0, 0.1) is 0 Å². The molecule has 8 nitrogen and oxygen atoms in total. The molecule has 0 radical (unpaired) electrons. The van der Waals surface area contributed by atoms with E-state index >= 15 is 0 Å². The Morgan fingerprint density at radius 3 is 2.24 bits per heavy atom. The fraction of sp³-hybridized carbons (Fsp3) is 0.0606. The van der Waals surface area contributed by atoms with Crippen LogP contribution in [-0.4, -0.2) is 32.6 Å². The fourth-order valence-electron chi connectivity index (χ4n) is 4.67. The summed E-state index contributed by atoms with van der Waals surface area (Å²) in [5, 5.41) is 10.6. The number of carbonyl (C=O) groups excluding carboxylic acids is 1. The van der Waals surface area contributed by atoms with Gasteiger partial charge in [-0.2, -0.15) is 5.10 Å². The number of H-pyrrole nitrogens is 1. The van der Waals surface area contributed by atoms with Gasteiger partial charge in [-0.25, -0.2) is 4.68 Å². The van der Waals surface area contributed by atoms with Gasteiger partial charge >= 0.3 is 0 Å². The van der Waals surface area contributed by atoms with Crippen LogP contribution in [0.4, 0.5) is 5.69 Å². The zero-order chi connectivity index (χ0) is 28.2. The van der Waals surface area contributed by atoms with Gasteiger partial charge in [-0.15, -0.1) is 0 Å². The number of hydrogen-bond acceptors (Lipinski definition) is 4. The molecule has 0 spiro atoms. The highest BCUT2D eigenvalue weighted by Crippen LogP contribution is 2.31. The van der Waals surface area contributed by atoms with Gasteiger partial charge in [0.05, 0.1) is 36.3 Å². The van der Waals surface area contributed by atoms with Gasteiger partial charge in [0.25, 0.3) is 5.56 Å². The van der Waals surface area contributed by atoms with E-state index in [0.717, 1.165) is 39.6 Å². The van der Waals surface area contributed by atoms with Crippen LogP contribution in [0.25, 0.3) is 33.9 Å². The molecule has 2 N–H and O–H groups in total. The number of ether oxygens (including phenoxy) is 1. The minimum atomic E-state index is -0.296. The van der Waals surface area contributed by atoms with Crippen LogP contribution in [-0.2, 0) is 11.2 Å². The highest BCUT2D eigenvalue weighted by atomic mass is 16.5. The second-order valence-corrected chi connectivity index (χ2v) is 9.50. The average Bonchev–Trinajstić information content (AvgIpc) is 3.62. The molecule has 2 aromatic heterocycles. The third-order valence-corrected chi connectivity index (χ3v) is 6.72. The Balaban J connectivity index is 1.26. The molecule has 0 saturated heterocycles. The van der Waals surface area contributed by atoms with E-state index in [4.69, 9.17) is 9.84 Å². The molecule has 0 atom stereocenters. The number of hydrogen-bond donors (Lipinski definition) is 2. The number of nitrogens with zero attached hydrogens (tertiary/aromatic N) is 3. The largest absolute Gasteiger partial charge is 0.497 e. The minimum absolute atomic E-state index is 0.0519. The standard InChI is InChI=1S/C33H27N5O3/c1-41-29-17-15-23(16-18-29)31-21-30(35-38(31)28-13-6-3-7-14-28)24-9-8-10-26(19-24)34-32(39)20-25-22-37(36-33(25)40)27-11-4-2-5-12-27/h2-19,21-22H,20H2,1H3,(H,34,39)(H,36,40). The summed E-state index contributed by atoms with van der Waals surface area (Å²) >= 11 is 0. The Morgan fingerprint density at radius 1 is 0.829 bits per heavy atom. The molecule has 0 saturated carbocycles. The Labute approximate surface area is 236 Å². The fourth-order valence-corrected chi connectivity index (χ4v) is 4.67. The van der Waals surface area contributed by atoms with Crippen molar-refractivity contribution in [1.29, 1.82) is 0 Å². The van der Waals surface area contributed by atoms with Gasteiger partial charge in [-0.1, -0.05) is 48.5 Å². The van der Waals surface area contributed by atoms with Crippen molar-refractivity contribution >= 4 is 11.6 Å². The summed E-state index contributed by atoms with van der Waals surface area (Å²) in [6.07, 6.45) is 1.61. The monoisotopic (exact) mass is 541 g/mol. The summed E-state index contributed by atoms with van der Waals surface area (Å²) in [5.74, 6) is 0.494. The maximum atomic E-state index is 12.9. The maximum Gasteiger partial charge on any atom is 0.268 e. The number of anilines is 1. The number of aromatic nitrogens is 4. The summed E-state index contributed by atoms with van der Waals surface area (Å²) in [6.45, 7) is 0. The maximum absolute atomic E-state index is 12.9. The Bertz CT molecular complexity index is 1850. The topological polar surface area (TPSA) is 93.9 Å². The van der Waals surface area contributed by atoms with Crippen LogP contribution in [0.5, 0.6) is 5.75 Å². The molecule has 6 rings (SSSR count). The summed E-state index contributed by atoms with van der Waals surface area (Å²) < 4.78 is 8.86. The number of aromatic amines is 1. The molecule has 4 aromatic carbocycles. The third-order valence-electron chi connectivity index (χ3n) is 6.72. The Kier molecular flexibility index (Phi) is 7.02. The van der Waals surface area contributed by atoms with Crippen LogP contribution in [0.2, 0.25) is 0 Å². The van der Waals surface area contributed by atoms with Gasteiger partial charge in [0, 0.05) is 28.6 Å². The summed E-state index contributed by atoms with van der Waals surface area (Å²) in [6, 6.07) is 36.8. The smallest absolute Gasteiger partial charge is 0.268 e. The zero-order valence-electron chi connectivity index (χ0n) is 22.3. The number of para-hydroxylation sites is 2. The van der Waals surface area contributed by atoms with Gasteiger partial charge in [0.15, 0.2) is 0 Å². The molecule has 8 heteroatoms. The Morgan fingerprint density at radius 2 is 1.54 bits per heavy atom. The lowest BCUT2D eigenvalue weighted by atomic mass is 10.1. The number of benzene rings is 4. The van der Waals surface area contributed by atoms with Gasteiger partial charge in [-0.05, 0) is 66.7 Å². The first-order valence-corrected chi connectivity index (χ1v) is 13.1. The van der Waals surface area contributed by atoms with Crippen molar-refractivity contribution < 1.29 is 9.53 Å². The SMILES string of the molecule is COc1ccc(-c2cc(-c3cccc(NC(=O)Cc4cn(-c5ccccc5)[nH]c4=O)c3)nn2-c2ccccc2)cc1. The van der Waals surface area contributed by atoms with Crippen molar-refractivity contribution in [3.8, 4) is 39.6 Å². The molecule has 0 aliphatic heterocycles. The molecule has 1 amide bonds. The van der Waals surface area contributed by atoms with E-state index in [9.17, 15) is 9.59 Å². The van der Waals surface area contributed by atoms with E-state index in [1.165, 1.54) is 0 Å². The normalized spacial score (nSPS) is 10.9. The lowest BCUT2D eigenvalue weighted by Crippen LogP contribution is -2.18. The number of amides is 1. The van der Waals surface area contributed by atoms with Crippen LogP contribution in [0.3, 0.4) is 0 Å². The van der Waals surface area contributed by atoms with E-state index in [2.05, 4.69) is 10.4 Å². The molecule has 0 unspecified atom stereocenters. The van der Waals surface area contributed by atoms with Gasteiger partial charge < -0.3 is 10.1 Å². The van der Waals surface area contributed by atoms with Crippen molar-refractivity contribution in [2.24, 2.45) is 0 Å². The predicted molar refractivity (Wildman–Crippen MR) is 160 cm³/mol. The third kappa shape index (κ3) is 5.58. The van der Waals surface area contributed by atoms with Crippen molar-refractivity contribution in [1.82, 2.24) is 19.6 Å². The highest BCUT2D eigenvalue weighted by molar-refractivity contribution is 5.93. The minimum Gasteiger partial charge on any atom is -0.497 e. The second kappa shape index (κ2) is 11.2. The van der Waals surface area contributed by atoms with E-state index < -0.39 is 0 Å². The number of carbonyl (C=O) groups is 1. The first kappa shape index (κ1) is 25.6. The first-order valence-electron chi connectivity index (χ1n) is 13.1. The highest BCUT2D eigenvalue weighted by Gasteiger charge is 2.15. The van der Waals surface area contributed by atoms with E-state index in [1.54, 1.807) is 18.0 Å². The van der Waals surface area contributed by atoms with Crippen molar-refractivity contribution in [2.45, 2.75) is 6.42 Å². The lowest BCUT2D eigenvalue weighted by Gasteiger charge is -2.08.